The van der Waals surface area contributed by atoms with Crippen LogP contribution in [-0.2, 0) is 4.74 Å². The largest absolute Gasteiger partial charge is 0.450 e. The number of hydrogen-bond donors (Lipinski definition) is 1. The van der Waals surface area contributed by atoms with Crippen molar-refractivity contribution in [2.75, 3.05) is 0 Å². The number of benzene rings is 1. The van der Waals surface area contributed by atoms with Crippen LogP contribution in [0.15, 0.2) is 24.3 Å². The van der Waals surface area contributed by atoms with Crippen molar-refractivity contribution >= 4 is 39.0 Å². The molecule has 0 radical (unpaired) electrons. The van der Waals surface area contributed by atoms with Crippen LogP contribution in [0.4, 0.5) is 4.39 Å². The van der Waals surface area contributed by atoms with E-state index in [0.717, 1.165) is 11.3 Å². The summed E-state index contributed by atoms with van der Waals surface area (Å²) >= 11 is 1.10. The predicted octanol–water partition coefficient (Wildman–Crippen LogP) is 4.62. The lowest BCUT2D eigenvalue weighted by molar-refractivity contribution is 0.0321. The molecule has 1 atom stereocenters. The average Bonchev–Trinajstić information content (AvgIpc) is 3.16. The van der Waals surface area contributed by atoms with Crippen LogP contribution in [0.1, 0.15) is 55.6 Å². The van der Waals surface area contributed by atoms with E-state index in [-0.39, 0.29) is 16.4 Å². The normalized spacial score (nSPS) is 12.2. The number of hydrogen-bond acceptors (Lipinski definition) is 5. The van der Waals surface area contributed by atoms with Gasteiger partial charge in [-0.3, -0.25) is 9.59 Å². The summed E-state index contributed by atoms with van der Waals surface area (Å²) in [4.78, 5) is 39.9. The summed E-state index contributed by atoms with van der Waals surface area (Å²) in [6.07, 6.45) is -1.05. The highest BCUT2D eigenvalue weighted by Gasteiger charge is 2.27. The van der Waals surface area contributed by atoms with Crippen LogP contribution in [0, 0.1) is 19.7 Å². The molecule has 140 valence electrons. The zero-order chi connectivity index (χ0) is 19.9. The van der Waals surface area contributed by atoms with Crippen LogP contribution in [0.5, 0.6) is 0 Å². The molecule has 27 heavy (non-hydrogen) atoms. The van der Waals surface area contributed by atoms with E-state index in [1.807, 2.05) is 0 Å². The van der Waals surface area contributed by atoms with Crippen molar-refractivity contribution < 1.29 is 23.5 Å². The van der Waals surface area contributed by atoms with Gasteiger partial charge in [0, 0.05) is 21.3 Å². The number of thiophene rings is 1. The molecule has 0 aliphatic carbocycles. The van der Waals surface area contributed by atoms with Gasteiger partial charge in [-0.25, -0.2) is 9.18 Å². The Labute approximate surface area is 159 Å². The van der Waals surface area contributed by atoms with Gasteiger partial charge in [-0.2, -0.15) is 0 Å². The Morgan fingerprint density at radius 3 is 2.52 bits per heavy atom. The molecule has 0 aliphatic heterocycles. The molecular weight excluding hydrogens is 369 g/mol. The standard InChI is InChI=1S/C20H18FNO4S/c1-9-17(11(3)23)10(2)22-18(9)19(24)12(4)26-20(25)16-8-13-14(21)6-5-7-15(13)27-16/h5-8,12,22H,1-4H3/t12-/m0/s1. The lowest BCUT2D eigenvalue weighted by Gasteiger charge is -2.11. The van der Waals surface area contributed by atoms with Crippen molar-refractivity contribution in [1.82, 2.24) is 4.98 Å². The highest BCUT2D eigenvalue weighted by atomic mass is 32.1. The minimum atomic E-state index is -1.05. The Balaban J connectivity index is 1.82. The molecule has 0 saturated carbocycles. The first-order valence-electron chi connectivity index (χ1n) is 8.34. The molecule has 3 aromatic rings. The van der Waals surface area contributed by atoms with Gasteiger partial charge in [0.2, 0.25) is 5.78 Å². The van der Waals surface area contributed by atoms with Gasteiger partial charge in [0.1, 0.15) is 10.7 Å². The number of nitrogens with one attached hydrogen (secondary N) is 1. The molecule has 0 bridgehead atoms. The van der Waals surface area contributed by atoms with Gasteiger partial charge in [-0.15, -0.1) is 11.3 Å². The van der Waals surface area contributed by atoms with Crippen LogP contribution < -0.4 is 0 Å². The first-order valence-corrected chi connectivity index (χ1v) is 9.15. The van der Waals surface area contributed by atoms with Crippen molar-refractivity contribution in [1.29, 1.82) is 0 Å². The molecule has 0 spiro atoms. The van der Waals surface area contributed by atoms with Gasteiger partial charge in [-0.1, -0.05) is 6.07 Å². The minimum Gasteiger partial charge on any atom is -0.450 e. The Morgan fingerprint density at radius 1 is 1.22 bits per heavy atom. The van der Waals surface area contributed by atoms with E-state index in [1.54, 1.807) is 26.0 Å². The van der Waals surface area contributed by atoms with Crippen molar-refractivity contribution in [3.05, 3.63) is 57.5 Å². The number of ketones is 2. The number of ether oxygens (including phenoxy) is 1. The van der Waals surface area contributed by atoms with Gasteiger partial charge in [0.15, 0.2) is 11.9 Å². The van der Waals surface area contributed by atoms with E-state index < -0.39 is 23.7 Å². The summed E-state index contributed by atoms with van der Waals surface area (Å²) in [6.45, 7) is 6.29. The molecule has 1 aromatic carbocycles. The molecule has 2 heterocycles. The van der Waals surface area contributed by atoms with Crippen LogP contribution >= 0.6 is 11.3 Å². The number of Topliss-reactive ketones (excluding diaryl/α,β-unsaturated/α-hetero) is 2. The zero-order valence-corrected chi connectivity index (χ0v) is 16.1. The quantitative estimate of drug-likeness (QED) is 0.512. The van der Waals surface area contributed by atoms with Crippen molar-refractivity contribution in [3.63, 3.8) is 0 Å². The van der Waals surface area contributed by atoms with E-state index in [1.165, 1.54) is 26.0 Å². The molecule has 2 aromatic heterocycles. The molecule has 0 aliphatic rings. The monoisotopic (exact) mass is 387 g/mol. The van der Waals surface area contributed by atoms with Gasteiger partial charge in [0.05, 0.1) is 5.69 Å². The van der Waals surface area contributed by atoms with E-state index in [9.17, 15) is 18.8 Å². The summed E-state index contributed by atoms with van der Waals surface area (Å²) in [6, 6.07) is 6.02. The number of aryl methyl sites for hydroxylation is 1. The lowest BCUT2D eigenvalue weighted by Crippen LogP contribution is -2.25. The fourth-order valence-electron chi connectivity index (χ4n) is 3.13. The second-order valence-corrected chi connectivity index (χ2v) is 7.44. The van der Waals surface area contributed by atoms with E-state index >= 15 is 0 Å². The fraction of sp³-hybridized carbons (Fsp3) is 0.250. The number of fused-ring (bicyclic) bond motifs is 1. The number of esters is 1. The Kier molecular flexibility index (Phi) is 4.97. The van der Waals surface area contributed by atoms with Crippen molar-refractivity contribution in [2.24, 2.45) is 0 Å². The molecular formula is C20H18FNO4S. The molecule has 0 unspecified atom stereocenters. The SMILES string of the molecule is CC(=O)c1c(C)[nH]c(C(=O)[C@H](C)OC(=O)c2cc3c(F)cccc3s2)c1C. The van der Waals surface area contributed by atoms with Gasteiger partial charge in [0.25, 0.3) is 0 Å². The average molecular weight is 387 g/mol. The summed E-state index contributed by atoms with van der Waals surface area (Å²) in [5.41, 5.74) is 1.86. The molecule has 1 N–H and O–H groups in total. The highest BCUT2D eigenvalue weighted by molar-refractivity contribution is 7.20. The number of aromatic nitrogens is 1. The van der Waals surface area contributed by atoms with E-state index in [4.69, 9.17) is 4.74 Å². The Bertz CT molecular complexity index is 1080. The molecule has 0 amide bonds. The van der Waals surface area contributed by atoms with Gasteiger partial charge < -0.3 is 9.72 Å². The lowest BCUT2D eigenvalue weighted by atomic mass is 10.0. The number of carbonyl (C=O) groups excluding carboxylic acids is 3. The third-order valence-electron chi connectivity index (χ3n) is 4.40. The maximum Gasteiger partial charge on any atom is 0.349 e. The molecule has 3 rings (SSSR count). The van der Waals surface area contributed by atoms with E-state index in [0.29, 0.717) is 26.9 Å². The predicted molar refractivity (Wildman–Crippen MR) is 101 cm³/mol. The minimum absolute atomic E-state index is 0.141. The second kappa shape index (κ2) is 7.08. The first kappa shape index (κ1) is 19.0. The summed E-state index contributed by atoms with van der Waals surface area (Å²) < 4.78 is 19.7. The Morgan fingerprint density at radius 2 is 1.93 bits per heavy atom. The van der Waals surface area contributed by atoms with E-state index in [2.05, 4.69) is 4.98 Å². The van der Waals surface area contributed by atoms with Gasteiger partial charge in [-0.05, 0) is 51.5 Å². The number of rotatable bonds is 5. The third-order valence-corrected chi connectivity index (χ3v) is 5.48. The smallest absolute Gasteiger partial charge is 0.349 e. The third kappa shape index (κ3) is 3.42. The van der Waals surface area contributed by atoms with Crippen molar-refractivity contribution in [3.8, 4) is 0 Å². The first-order chi connectivity index (χ1) is 12.7. The van der Waals surface area contributed by atoms with Crippen LogP contribution in [0.25, 0.3) is 10.1 Å². The highest BCUT2D eigenvalue weighted by Crippen LogP contribution is 2.28. The van der Waals surface area contributed by atoms with Crippen molar-refractivity contribution in [2.45, 2.75) is 33.8 Å². The summed E-state index contributed by atoms with van der Waals surface area (Å²) in [7, 11) is 0. The van der Waals surface area contributed by atoms with Gasteiger partial charge >= 0.3 is 5.97 Å². The number of H-pyrrole nitrogens is 1. The zero-order valence-electron chi connectivity index (χ0n) is 15.3. The second-order valence-electron chi connectivity index (χ2n) is 6.36. The van der Waals surface area contributed by atoms with Crippen LogP contribution in [0.3, 0.4) is 0 Å². The summed E-state index contributed by atoms with van der Waals surface area (Å²) in [5, 5.41) is 0.343. The number of aromatic amines is 1. The molecule has 7 heteroatoms. The maximum atomic E-state index is 13.8. The molecule has 5 nitrogen and oxygen atoms in total. The summed E-state index contributed by atoms with van der Waals surface area (Å²) in [5.74, 6) is -1.67. The topological polar surface area (TPSA) is 76.2 Å². The number of carbonyl (C=O) groups is 3. The van der Waals surface area contributed by atoms with Crippen LogP contribution in [-0.4, -0.2) is 28.6 Å². The van der Waals surface area contributed by atoms with Crippen LogP contribution in [0.2, 0.25) is 0 Å². The fourth-order valence-corrected chi connectivity index (χ4v) is 4.08. The molecule has 0 saturated heterocycles. The number of halogens is 1. The maximum absolute atomic E-state index is 13.8. The Hall–Kier alpha value is -2.80. The molecule has 0 fully saturated rings.